The summed E-state index contributed by atoms with van der Waals surface area (Å²) in [5.74, 6) is -0.170. The maximum atomic E-state index is 12.8. The van der Waals surface area contributed by atoms with E-state index in [1.54, 1.807) is 6.20 Å². The fourth-order valence-electron chi connectivity index (χ4n) is 4.95. The van der Waals surface area contributed by atoms with E-state index in [9.17, 15) is 9.59 Å². The lowest BCUT2D eigenvalue weighted by Crippen LogP contribution is -2.59. The summed E-state index contributed by atoms with van der Waals surface area (Å²) >= 11 is 0. The predicted octanol–water partition coefficient (Wildman–Crippen LogP) is 1.91. The first-order valence-corrected chi connectivity index (χ1v) is 11.6. The van der Waals surface area contributed by atoms with Crippen molar-refractivity contribution in [1.82, 2.24) is 25.3 Å². The first-order chi connectivity index (χ1) is 16.2. The van der Waals surface area contributed by atoms with Gasteiger partial charge in [0.2, 0.25) is 11.8 Å². The van der Waals surface area contributed by atoms with E-state index in [2.05, 4.69) is 57.0 Å². The van der Waals surface area contributed by atoms with Gasteiger partial charge in [-0.05, 0) is 29.5 Å². The summed E-state index contributed by atoms with van der Waals surface area (Å²) in [4.78, 5) is 27.7. The van der Waals surface area contributed by atoms with E-state index in [1.807, 2.05) is 29.1 Å². The number of benzene rings is 2. The Labute approximate surface area is 193 Å². The molecule has 1 saturated heterocycles. The van der Waals surface area contributed by atoms with Crippen molar-refractivity contribution in [2.45, 2.75) is 44.4 Å². The zero-order valence-corrected chi connectivity index (χ0v) is 18.6. The van der Waals surface area contributed by atoms with Gasteiger partial charge in [0.25, 0.3) is 0 Å². The Bertz CT molecular complexity index is 1100. The topological polar surface area (TPSA) is 79.3 Å². The van der Waals surface area contributed by atoms with Gasteiger partial charge in [-0.25, -0.2) is 0 Å². The summed E-state index contributed by atoms with van der Waals surface area (Å²) in [5, 5.41) is 10.3. The summed E-state index contributed by atoms with van der Waals surface area (Å²) < 4.78 is 1.87. The van der Waals surface area contributed by atoms with Crippen molar-refractivity contribution in [2.75, 3.05) is 13.1 Å². The number of carbonyl (C=O) groups is 2. The minimum atomic E-state index is -0.432. The molecule has 33 heavy (non-hydrogen) atoms. The van der Waals surface area contributed by atoms with Crippen LogP contribution in [-0.4, -0.2) is 51.7 Å². The summed E-state index contributed by atoms with van der Waals surface area (Å²) in [6.45, 7) is 2.49. The Balaban J connectivity index is 1.17. The van der Waals surface area contributed by atoms with Crippen molar-refractivity contribution >= 4 is 11.8 Å². The molecule has 5 rings (SSSR count). The first kappa shape index (κ1) is 21.4. The molecule has 0 saturated carbocycles. The fourth-order valence-corrected chi connectivity index (χ4v) is 4.95. The summed E-state index contributed by atoms with van der Waals surface area (Å²) in [6, 6.07) is 18.4. The highest BCUT2D eigenvalue weighted by Gasteiger charge is 2.38. The van der Waals surface area contributed by atoms with Gasteiger partial charge in [0, 0.05) is 37.4 Å². The number of piperazine rings is 1. The van der Waals surface area contributed by atoms with Crippen LogP contribution in [-0.2, 0) is 35.5 Å². The molecular weight excluding hydrogens is 414 g/mol. The predicted molar refractivity (Wildman–Crippen MR) is 125 cm³/mol. The van der Waals surface area contributed by atoms with Crippen LogP contribution in [0.15, 0.2) is 67.0 Å². The van der Waals surface area contributed by atoms with Gasteiger partial charge in [0.15, 0.2) is 0 Å². The second-order valence-corrected chi connectivity index (χ2v) is 8.89. The normalized spacial score (nSPS) is 18.7. The van der Waals surface area contributed by atoms with E-state index in [-0.39, 0.29) is 24.3 Å². The molecule has 7 heteroatoms. The fraction of sp³-hybridized carbons (Fsp3) is 0.346. The Morgan fingerprint density at radius 1 is 1.03 bits per heavy atom. The number of carbonyl (C=O) groups excluding carboxylic acids is 2. The van der Waals surface area contributed by atoms with Gasteiger partial charge in [0.1, 0.15) is 0 Å². The molecule has 1 aliphatic carbocycles. The maximum Gasteiger partial charge on any atom is 0.237 e. The van der Waals surface area contributed by atoms with Crippen LogP contribution in [0.3, 0.4) is 0 Å². The molecular formula is C26H29N5O2. The highest BCUT2D eigenvalue weighted by atomic mass is 16.2. The molecule has 2 amide bonds. The van der Waals surface area contributed by atoms with Crippen molar-refractivity contribution in [3.8, 4) is 0 Å². The number of hydrogen-bond donors (Lipinski definition) is 2. The van der Waals surface area contributed by atoms with Gasteiger partial charge in [-0.15, -0.1) is 0 Å². The van der Waals surface area contributed by atoms with Gasteiger partial charge in [-0.1, -0.05) is 54.6 Å². The molecule has 2 aromatic carbocycles. The van der Waals surface area contributed by atoms with Crippen molar-refractivity contribution in [2.24, 2.45) is 0 Å². The van der Waals surface area contributed by atoms with Crippen molar-refractivity contribution in [3.05, 3.63) is 89.2 Å². The summed E-state index contributed by atoms with van der Waals surface area (Å²) in [7, 11) is 0. The number of rotatable bonds is 7. The minimum Gasteiger partial charge on any atom is -0.353 e. The molecule has 2 aliphatic rings. The van der Waals surface area contributed by atoms with Crippen LogP contribution >= 0.6 is 0 Å². The van der Waals surface area contributed by atoms with Crippen molar-refractivity contribution in [3.63, 3.8) is 0 Å². The van der Waals surface area contributed by atoms with Crippen LogP contribution in [0.25, 0.3) is 0 Å². The minimum absolute atomic E-state index is 0.0527. The molecule has 0 bridgehead atoms. The lowest BCUT2D eigenvalue weighted by atomic mass is 10.0. The van der Waals surface area contributed by atoms with Crippen LogP contribution in [0, 0.1) is 0 Å². The van der Waals surface area contributed by atoms with Crippen LogP contribution in [0.1, 0.15) is 28.7 Å². The number of hydrogen-bond acceptors (Lipinski definition) is 4. The van der Waals surface area contributed by atoms with Crippen LogP contribution in [0.2, 0.25) is 0 Å². The average Bonchev–Trinajstić information content (AvgIpc) is 3.46. The van der Waals surface area contributed by atoms with E-state index in [1.165, 1.54) is 16.7 Å². The Kier molecular flexibility index (Phi) is 6.21. The standard InChI is InChI=1S/C26H29N5O2/c32-25(28-15-20-16-29-30(18-20)17-19-6-2-1-3-7-19)14-24-26(33)27-10-11-31(24)23-12-21-8-4-5-9-22(21)13-23/h1-9,16,18,23-24H,10-15,17H2,(H,27,33)(H,28,32)/t24-/m1/s1. The average molecular weight is 444 g/mol. The van der Waals surface area contributed by atoms with E-state index < -0.39 is 6.04 Å². The molecule has 7 nitrogen and oxygen atoms in total. The third-order valence-electron chi connectivity index (χ3n) is 6.61. The van der Waals surface area contributed by atoms with Gasteiger partial charge in [-0.3, -0.25) is 19.2 Å². The highest BCUT2D eigenvalue weighted by molar-refractivity contribution is 5.88. The van der Waals surface area contributed by atoms with Gasteiger partial charge >= 0.3 is 0 Å². The molecule has 2 heterocycles. The number of amides is 2. The SMILES string of the molecule is O=C(C[C@@H]1C(=O)NCCN1C1Cc2ccccc2C1)NCc1cnn(Cc2ccccc2)c1. The second-order valence-electron chi connectivity index (χ2n) is 8.89. The smallest absolute Gasteiger partial charge is 0.237 e. The number of nitrogens with one attached hydrogen (secondary N) is 2. The molecule has 0 unspecified atom stereocenters. The van der Waals surface area contributed by atoms with E-state index in [4.69, 9.17) is 0 Å². The van der Waals surface area contributed by atoms with E-state index in [0.717, 1.165) is 24.9 Å². The monoisotopic (exact) mass is 443 g/mol. The first-order valence-electron chi connectivity index (χ1n) is 11.6. The highest BCUT2D eigenvalue weighted by Crippen LogP contribution is 2.28. The number of nitrogens with zero attached hydrogens (tertiary/aromatic N) is 3. The van der Waals surface area contributed by atoms with Crippen LogP contribution in [0.4, 0.5) is 0 Å². The van der Waals surface area contributed by atoms with Gasteiger partial charge < -0.3 is 10.6 Å². The molecule has 170 valence electrons. The summed E-state index contributed by atoms with van der Waals surface area (Å²) in [5.41, 5.74) is 4.82. The molecule has 2 N–H and O–H groups in total. The Morgan fingerprint density at radius 3 is 2.52 bits per heavy atom. The largest absolute Gasteiger partial charge is 0.353 e. The molecule has 1 fully saturated rings. The van der Waals surface area contributed by atoms with E-state index in [0.29, 0.717) is 19.6 Å². The van der Waals surface area contributed by atoms with Gasteiger partial charge in [0.05, 0.1) is 25.2 Å². The van der Waals surface area contributed by atoms with Crippen LogP contribution in [0.5, 0.6) is 0 Å². The number of aromatic nitrogens is 2. The molecule has 0 radical (unpaired) electrons. The molecule has 1 aliphatic heterocycles. The lowest BCUT2D eigenvalue weighted by molar-refractivity contribution is -0.135. The second kappa shape index (κ2) is 9.58. The maximum absolute atomic E-state index is 12.8. The van der Waals surface area contributed by atoms with E-state index >= 15 is 0 Å². The summed E-state index contributed by atoms with van der Waals surface area (Å²) in [6.07, 6.45) is 5.75. The van der Waals surface area contributed by atoms with Crippen molar-refractivity contribution < 1.29 is 9.59 Å². The molecule has 3 aromatic rings. The molecule has 0 spiro atoms. The zero-order valence-electron chi connectivity index (χ0n) is 18.6. The third-order valence-corrected chi connectivity index (χ3v) is 6.61. The molecule has 1 atom stereocenters. The van der Waals surface area contributed by atoms with Crippen molar-refractivity contribution in [1.29, 1.82) is 0 Å². The van der Waals surface area contributed by atoms with Gasteiger partial charge in [-0.2, -0.15) is 5.10 Å². The third kappa shape index (κ3) is 4.98. The lowest BCUT2D eigenvalue weighted by Gasteiger charge is -2.38. The zero-order chi connectivity index (χ0) is 22.6. The Hall–Kier alpha value is -3.45. The molecule has 1 aromatic heterocycles. The Morgan fingerprint density at radius 2 is 1.76 bits per heavy atom. The quantitative estimate of drug-likeness (QED) is 0.585. The number of fused-ring (bicyclic) bond motifs is 1. The van der Waals surface area contributed by atoms with Crippen LogP contribution < -0.4 is 10.6 Å².